The Balaban J connectivity index is 1.46. The molecule has 0 spiro atoms. The lowest BCUT2D eigenvalue weighted by Gasteiger charge is -2.36. The number of nitrogens with one attached hydrogen (secondary N) is 3. The summed E-state index contributed by atoms with van der Waals surface area (Å²) in [5.41, 5.74) is 2.25. The van der Waals surface area contributed by atoms with Crippen LogP contribution in [0.5, 0.6) is 0 Å². The van der Waals surface area contributed by atoms with Crippen molar-refractivity contribution in [1.82, 2.24) is 10.2 Å². The van der Waals surface area contributed by atoms with Crippen molar-refractivity contribution in [2.75, 3.05) is 41.7 Å². The quantitative estimate of drug-likeness (QED) is 0.661. The molecule has 1 fully saturated rings. The highest BCUT2D eigenvalue weighted by Gasteiger charge is 2.24. The smallest absolute Gasteiger partial charge is 0.318 e. The van der Waals surface area contributed by atoms with Crippen LogP contribution >= 0.6 is 11.6 Å². The van der Waals surface area contributed by atoms with Crippen LogP contribution in [-0.4, -0.2) is 55.0 Å². The fourth-order valence-electron chi connectivity index (χ4n) is 3.27. The molecule has 31 heavy (non-hydrogen) atoms. The Bertz CT molecular complexity index is 942. The minimum atomic E-state index is -0.700. The predicted molar refractivity (Wildman–Crippen MR) is 123 cm³/mol. The number of piperazine rings is 1. The van der Waals surface area contributed by atoms with Gasteiger partial charge in [0.1, 0.15) is 6.04 Å². The van der Waals surface area contributed by atoms with E-state index >= 15 is 0 Å². The van der Waals surface area contributed by atoms with Crippen LogP contribution in [0, 0.1) is 0 Å². The minimum Gasteiger partial charge on any atom is -0.368 e. The monoisotopic (exact) mass is 443 g/mol. The summed E-state index contributed by atoms with van der Waals surface area (Å²) in [5, 5.41) is 8.85. The summed E-state index contributed by atoms with van der Waals surface area (Å²) in [6.45, 7) is 5.55. The molecular weight excluding hydrogens is 418 g/mol. The van der Waals surface area contributed by atoms with E-state index < -0.39 is 6.04 Å². The summed E-state index contributed by atoms with van der Waals surface area (Å²) in [6, 6.07) is 13.4. The summed E-state index contributed by atoms with van der Waals surface area (Å²) < 4.78 is 0. The Morgan fingerprint density at radius 1 is 0.935 bits per heavy atom. The van der Waals surface area contributed by atoms with E-state index in [4.69, 9.17) is 11.6 Å². The van der Waals surface area contributed by atoms with Crippen LogP contribution in [0.25, 0.3) is 0 Å². The van der Waals surface area contributed by atoms with Gasteiger partial charge in [-0.15, -0.1) is 0 Å². The van der Waals surface area contributed by atoms with Crippen LogP contribution < -0.4 is 20.9 Å². The number of urea groups is 1. The van der Waals surface area contributed by atoms with Crippen molar-refractivity contribution in [3.05, 3.63) is 53.6 Å². The highest BCUT2D eigenvalue weighted by atomic mass is 35.5. The van der Waals surface area contributed by atoms with E-state index in [2.05, 4.69) is 20.9 Å². The van der Waals surface area contributed by atoms with Crippen molar-refractivity contribution in [2.45, 2.75) is 19.9 Å². The van der Waals surface area contributed by atoms with Crippen LogP contribution in [0.1, 0.15) is 13.8 Å². The molecule has 3 N–H and O–H groups in total. The second-order valence-corrected chi connectivity index (χ2v) is 7.81. The van der Waals surface area contributed by atoms with Gasteiger partial charge in [0.15, 0.2) is 0 Å². The van der Waals surface area contributed by atoms with Gasteiger partial charge in [0, 0.05) is 55.2 Å². The molecule has 2 aromatic carbocycles. The molecule has 9 heteroatoms. The van der Waals surface area contributed by atoms with Crippen LogP contribution in [0.2, 0.25) is 5.02 Å². The fraction of sp³-hybridized carbons (Fsp3) is 0.318. The van der Waals surface area contributed by atoms with Gasteiger partial charge in [-0.1, -0.05) is 17.7 Å². The molecule has 0 aliphatic carbocycles. The normalized spacial score (nSPS) is 14.5. The lowest BCUT2D eigenvalue weighted by Crippen LogP contribution is -2.54. The van der Waals surface area contributed by atoms with E-state index in [0.29, 0.717) is 42.6 Å². The van der Waals surface area contributed by atoms with Gasteiger partial charge < -0.3 is 25.8 Å². The summed E-state index contributed by atoms with van der Waals surface area (Å²) in [6.07, 6.45) is 0. The van der Waals surface area contributed by atoms with Gasteiger partial charge in [-0.05, 0) is 49.4 Å². The lowest BCUT2D eigenvalue weighted by molar-refractivity contribution is -0.117. The van der Waals surface area contributed by atoms with Gasteiger partial charge in [-0.3, -0.25) is 9.59 Å². The topological polar surface area (TPSA) is 93.8 Å². The second-order valence-electron chi connectivity index (χ2n) is 7.37. The molecule has 0 aromatic heterocycles. The summed E-state index contributed by atoms with van der Waals surface area (Å²) in [7, 11) is 0. The van der Waals surface area contributed by atoms with Crippen LogP contribution in [-0.2, 0) is 9.59 Å². The van der Waals surface area contributed by atoms with Crippen LogP contribution in [0.15, 0.2) is 48.5 Å². The van der Waals surface area contributed by atoms with Crippen LogP contribution in [0.3, 0.4) is 0 Å². The average molecular weight is 444 g/mol. The third-order valence-electron chi connectivity index (χ3n) is 4.95. The van der Waals surface area contributed by atoms with Gasteiger partial charge in [0.25, 0.3) is 0 Å². The maximum absolute atomic E-state index is 12.6. The Labute approximate surface area is 186 Å². The van der Waals surface area contributed by atoms with Crippen molar-refractivity contribution < 1.29 is 14.4 Å². The molecule has 1 atom stereocenters. The third kappa shape index (κ3) is 6.36. The summed E-state index contributed by atoms with van der Waals surface area (Å²) in [4.78, 5) is 39.9. The Kier molecular flexibility index (Phi) is 7.36. The van der Waals surface area contributed by atoms with Crippen molar-refractivity contribution in [1.29, 1.82) is 0 Å². The SMILES string of the molecule is CC(=O)Nc1ccc(NC(=O)[C@@H](C)NC(=O)N2CCN(c3cccc(Cl)c3)CC2)cc1. The number of halogens is 1. The zero-order valence-electron chi connectivity index (χ0n) is 17.5. The van der Waals surface area contributed by atoms with E-state index in [1.807, 2.05) is 24.3 Å². The van der Waals surface area contributed by atoms with Crippen molar-refractivity contribution in [2.24, 2.45) is 0 Å². The number of hydrogen-bond donors (Lipinski definition) is 3. The Morgan fingerprint density at radius 2 is 1.55 bits per heavy atom. The molecule has 8 nitrogen and oxygen atoms in total. The Morgan fingerprint density at radius 3 is 2.13 bits per heavy atom. The molecule has 3 rings (SSSR count). The predicted octanol–water partition coefficient (Wildman–Crippen LogP) is 3.16. The van der Waals surface area contributed by atoms with Crippen molar-refractivity contribution >= 4 is 46.5 Å². The van der Waals surface area contributed by atoms with E-state index in [9.17, 15) is 14.4 Å². The number of anilines is 3. The number of amides is 4. The van der Waals surface area contributed by atoms with Crippen LogP contribution in [0.4, 0.5) is 21.9 Å². The first-order chi connectivity index (χ1) is 14.8. The first-order valence-electron chi connectivity index (χ1n) is 10.1. The van der Waals surface area contributed by atoms with Gasteiger partial charge in [0.05, 0.1) is 0 Å². The fourth-order valence-corrected chi connectivity index (χ4v) is 3.46. The molecule has 0 radical (unpaired) electrons. The van der Waals surface area contributed by atoms with Gasteiger partial charge >= 0.3 is 6.03 Å². The minimum absolute atomic E-state index is 0.165. The van der Waals surface area contributed by atoms with Crippen molar-refractivity contribution in [3.8, 4) is 0 Å². The molecule has 0 saturated carbocycles. The van der Waals surface area contributed by atoms with Crippen molar-refractivity contribution in [3.63, 3.8) is 0 Å². The Hall–Kier alpha value is -3.26. The molecule has 0 unspecified atom stereocenters. The maximum atomic E-state index is 12.6. The highest BCUT2D eigenvalue weighted by Crippen LogP contribution is 2.21. The second kappa shape index (κ2) is 10.2. The van der Waals surface area contributed by atoms with Gasteiger partial charge in [0.2, 0.25) is 11.8 Å². The number of carbonyl (C=O) groups is 3. The molecule has 2 aromatic rings. The molecule has 1 heterocycles. The third-order valence-corrected chi connectivity index (χ3v) is 5.18. The number of benzene rings is 2. The highest BCUT2D eigenvalue weighted by molar-refractivity contribution is 6.30. The molecule has 1 aliphatic heterocycles. The first-order valence-corrected chi connectivity index (χ1v) is 10.4. The number of carbonyl (C=O) groups excluding carboxylic acids is 3. The van der Waals surface area contributed by atoms with E-state index in [0.717, 1.165) is 5.69 Å². The van der Waals surface area contributed by atoms with E-state index in [1.54, 1.807) is 36.1 Å². The van der Waals surface area contributed by atoms with E-state index in [-0.39, 0.29) is 17.8 Å². The lowest BCUT2D eigenvalue weighted by atomic mass is 10.2. The number of rotatable bonds is 5. The molecule has 4 amide bonds. The molecule has 164 valence electrons. The average Bonchev–Trinajstić information content (AvgIpc) is 2.74. The molecule has 1 aliphatic rings. The summed E-state index contributed by atoms with van der Waals surface area (Å²) in [5.74, 6) is -0.486. The number of hydrogen-bond acceptors (Lipinski definition) is 4. The standard InChI is InChI=1S/C22H26ClN5O3/c1-15(21(30)26-19-8-6-18(7-9-19)25-16(2)29)24-22(31)28-12-10-27(11-13-28)20-5-3-4-17(23)14-20/h3-9,14-15H,10-13H2,1-2H3,(H,24,31)(H,25,29)(H,26,30)/t15-/m1/s1. The zero-order chi connectivity index (χ0) is 22.4. The first kappa shape index (κ1) is 22.4. The van der Waals surface area contributed by atoms with Gasteiger partial charge in [-0.2, -0.15) is 0 Å². The largest absolute Gasteiger partial charge is 0.368 e. The van der Waals surface area contributed by atoms with Gasteiger partial charge in [-0.25, -0.2) is 4.79 Å². The molecule has 1 saturated heterocycles. The maximum Gasteiger partial charge on any atom is 0.318 e. The molecular formula is C22H26ClN5O3. The molecule has 0 bridgehead atoms. The van der Waals surface area contributed by atoms with E-state index in [1.165, 1.54) is 6.92 Å². The summed E-state index contributed by atoms with van der Waals surface area (Å²) >= 11 is 6.06. The number of nitrogens with zero attached hydrogens (tertiary/aromatic N) is 2. The zero-order valence-corrected chi connectivity index (χ0v) is 18.3.